The molecule has 1 aromatic rings. The molecule has 0 saturated carbocycles. The molecule has 1 fully saturated rings. The molecule has 1 N–H and O–H groups in total. The third-order valence-electron chi connectivity index (χ3n) is 3.05. The van der Waals surface area contributed by atoms with E-state index in [2.05, 4.69) is 17.9 Å². The number of aliphatic hydroxyl groups excluding tert-OH is 1. The third kappa shape index (κ3) is 5.33. The topological polar surface area (TPSA) is 38.7 Å². The first-order valence-corrected chi connectivity index (χ1v) is 7.54. The van der Waals surface area contributed by atoms with Crippen LogP contribution in [-0.2, 0) is 16.1 Å². The summed E-state index contributed by atoms with van der Waals surface area (Å²) in [6.07, 6.45) is 2.76. The molecule has 0 spiro atoms. The summed E-state index contributed by atoms with van der Waals surface area (Å²) >= 11 is 1.66. The van der Waals surface area contributed by atoms with Crippen LogP contribution in [0, 0.1) is 17.8 Å². The molecule has 0 unspecified atom stereocenters. The van der Waals surface area contributed by atoms with Crippen LogP contribution in [0.2, 0.25) is 0 Å². The van der Waals surface area contributed by atoms with E-state index in [1.54, 1.807) is 11.3 Å². The minimum Gasteiger partial charge on any atom is -0.395 e. The van der Waals surface area contributed by atoms with Crippen molar-refractivity contribution in [1.82, 2.24) is 0 Å². The second kappa shape index (κ2) is 8.34. The number of hydrogen-bond acceptors (Lipinski definition) is 4. The van der Waals surface area contributed by atoms with E-state index in [0.717, 1.165) is 37.5 Å². The summed E-state index contributed by atoms with van der Waals surface area (Å²) in [5, 5.41) is 8.66. The highest BCUT2D eigenvalue weighted by Crippen LogP contribution is 2.19. The lowest BCUT2D eigenvalue weighted by molar-refractivity contribution is 0.0163. The van der Waals surface area contributed by atoms with Crippen molar-refractivity contribution in [2.75, 3.05) is 26.4 Å². The maximum absolute atomic E-state index is 8.66. The lowest BCUT2D eigenvalue weighted by Crippen LogP contribution is -2.19. The highest BCUT2D eigenvalue weighted by atomic mass is 32.1. The molecule has 1 aliphatic rings. The smallest absolute Gasteiger partial charge is 0.0809 e. The summed E-state index contributed by atoms with van der Waals surface area (Å²) in [5.74, 6) is 6.62. The zero-order valence-electron chi connectivity index (χ0n) is 11.1. The fourth-order valence-electron chi connectivity index (χ4n) is 1.97. The van der Waals surface area contributed by atoms with Gasteiger partial charge in [0.05, 0.1) is 24.7 Å². The molecule has 1 saturated heterocycles. The van der Waals surface area contributed by atoms with E-state index in [-0.39, 0.29) is 6.61 Å². The zero-order chi connectivity index (χ0) is 13.3. The average molecular weight is 280 g/mol. The molecule has 0 aromatic carbocycles. The van der Waals surface area contributed by atoms with E-state index < -0.39 is 0 Å². The van der Waals surface area contributed by atoms with E-state index >= 15 is 0 Å². The normalized spacial score (nSPS) is 16.1. The van der Waals surface area contributed by atoms with Gasteiger partial charge in [-0.3, -0.25) is 0 Å². The molecule has 2 rings (SSSR count). The Kier molecular flexibility index (Phi) is 6.38. The van der Waals surface area contributed by atoms with Crippen molar-refractivity contribution in [2.45, 2.75) is 25.9 Å². The van der Waals surface area contributed by atoms with Gasteiger partial charge in [0.1, 0.15) is 0 Å². The van der Waals surface area contributed by atoms with Crippen LogP contribution in [0.3, 0.4) is 0 Å². The quantitative estimate of drug-likeness (QED) is 0.842. The van der Waals surface area contributed by atoms with Crippen molar-refractivity contribution in [3.63, 3.8) is 0 Å². The zero-order valence-corrected chi connectivity index (χ0v) is 11.9. The van der Waals surface area contributed by atoms with Crippen molar-refractivity contribution in [3.05, 3.63) is 21.9 Å². The first-order valence-electron chi connectivity index (χ1n) is 6.72. The Morgan fingerprint density at radius 2 is 2.21 bits per heavy atom. The first kappa shape index (κ1) is 14.5. The van der Waals surface area contributed by atoms with Gasteiger partial charge in [-0.05, 0) is 30.9 Å². The van der Waals surface area contributed by atoms with Gasteiger partial charge in [-0.25, -0.2) is 0 Å². The van der Waals surface area contributed by atoms with Crippen LogP contribution in [0.1, 0.15) is 29.0 Å². The van der Waals surface area contributed by atoms with Gasteiger partial charge in [-0.15, -0.1) is 11.3 Å². The molecular formula is C15H20O3S. The lowest BCUT2D eigenvalue weighted by Gasteiger charge is -2.21. The first-order chi connectivity index (χ1) is 9.38. The van der Waals surface area contributed by atoms with Gasteiger partial charge in [0.25, 0.3) is 0 Å². The molecule has 104 valence electrons. The van der Waals surface area contributed by atoms with Crippen molar-refractivity contribution < 1.29 is 14.6 Å². The largest absolute Gasteiger partial charge is 0.395 e. The Morgan fingerprint density at radius 1 is 1.37 bits per heavy atom. The molecule has 1 aliphatic heterocycles. The van der Waals surface area contributed by atoms with E-state index in [4.69, 9.17) is 14.6 Å². The predicted molar refractivity (Wildman–Crippen MR) is 76.1 cm³/mol. The summed E-state index contributed by atoms with van der Waals surface area (Å²) < 4.78 is 11.1. The van der Waals surface area contributed by atoms with E-state index in [9.17, 15) is 0 Å². The molecule has 0 amide bonds. The van der Waals surface area contributed by atoms with Crippen LogP contribution in [0.25, 0.3) is 0 Å². The Morgan fingerprint density at radius 3 is 3.00 bits per heavy atom. The standard InChI is InChI=1S/C15H20O3S/c16-8-2-1-3-14-4-5-15(19-14)12-18-11-13-6-9-17-10-7-13/h4-5,13,16H,2,6-12H2. The Labute approximate surface area is 118 Å². The van der Waals surface area contributed by atoms with Gasteiger partial charge in [0.15, 0.2) is 0 Å². The molecule has 0 aliphatic carbocycles. The summed E-state index contributed by atoms with van der Waals surface area (Å²) in [6, 6.07) is 4.08. The molecular weight excluding hydrogens is 260 g/mol. The molecule has 19 heavy (non-hydrogen) atoms. The number of hydrogen-bond donors (Lipinski definition) is 1. The second-order valence-corrected chi connectivity index (χ2v) is 5.78. The molecule has 1 aromatic heterocycles. The van der Waals surface area contributed by atoms with Crippen LogP contribution < -0.4 is 0 Å². The van der Waals surface area contributed by atoms with Gasteiger partial charge < -0.3 is 14.6 Å². The summed E-state index contributed by atoms with van der Waals surface area (Å²) in [5.41, 5.74) is 0. The van der Waals surface area contributed by atoms with E-state index in [1.807, 2.05) is 6.07 Å². The van der Waals surface area contributed by atoms with E-state index in [0.29, 0.717) is 18.9 Å². The summed E-state index contributed by atoms with van der Waals surface area (Å²) in [4.78, 5) is 2.25. The van der Waals surface area contributed by atoms with Crippen LogP contribution in [0.15, 0.2) is 12.1 Å². The second-order valence-electron chi connectivity index (χ2n) is 4.61. The molecule has 4 heteroatoms. The maximum atomic E-state index is 8.66. The Balaban J connectivity index is 1.69. The van der Waals surface area contributed by atoms with Gasteiger partial charge in [0.2, 0.25) is 0 Å². The van der Waals surface area contributed by atoms with Crippen molar-refractivity contribution in [2.24, 2.45) is 5.92 Å². The monoisotopic (exact) mass is 280 g/mol. The van der Waals surface area contributed by atoms with Crippen molar-refractivity contribution >= 4 is 11.3 Å². The molecule has 3 nitrogen and oxygen atoms in total. The van der Waals surface area contributed by atoms with Gasteiger partial charge in [-0.2, -0.15) is 0 Å². The summed E-state index contributed by atoms with van der Waals surface area (Å²) in [6.45, 7) is 3.37. The highest BCUT2D eigenvalue weighted by molar-refractivity contribution is 7.12. The predicted octanol–water partition coefficient (Wildman–Crippen LogP) is 2.43. The third-order valence-corrected chi connectivity index (χ3v) is 4.02. The maximum Gasteiger partial charge on any atom is 0.0809 e. The van der Waals surface area contributed by atoms with Crippen molar-refractivity contribution in [1.29, 1.82) is 0 Å². The minimum atomic E-state index is 0.124. The number of thiophene rings is 1. The van der Waals surface area contributed by atoms with Crippen LogP contribution in [0.4, 0.5) is 0 Å². The average Bonchev–Trinajstić information content (AvgIpc) is 2.88. The van der Waals surface area contributed by atoms with Gasteiger partial charge in [-0.1, -0.05) is 11.8 Å². The van der Waals surface area contributed by atoms with Gasteiger partial charge >= 0.3 is 0 Å². The van der Waals surface area contributed by atoms with Crippen LogP contribution in [-0.4, -0.2) is 31.5 Å². The minimum absolute atomic E-state index is 0.124. The number of aliphatic hydroxyl groups is 1. The fourth-order valence-corrected chi connectivity index (χ4v) is 2.79. The van der Waals surface area contributed by atoms with Crippen LogP contribution in [0.5, 0.6) is 0 Å². The number of ether oxygens (including phenoxy) is 2. The number of rotatable bonds is 5. The molecule has 0 bridgehead atoms. The fraction of sp³-hybridized carbons (Fsp3) is 0.600. The summed E-state index contributed by atoms with van der Waals surface area (Å²) in [7, 11) is 0. The van der Waals surface area contributed by atoms with Crippen LogP contribution >= 0.6 is 11.3 Å². The Hall–Kier alpha value is -0.860. The molecule has 2 heterocycles. The molecule has 0 radical (unpaired) electrons. The Bertz CT molecular complexity index is 424. The highest BCUT2D eigenvalue weighted by Gasteiger charge is 2.13. The molecule has 0 atom stereocenters. The SMILES string of the molecule is OCCC#Cc1ccc(COCC2CCOCC2)s1. The van der Waals surface area contributed by atoms with E-state index in [1.165, 1.54) is 4.88 Å². The lowest BCUT2D eigenvalue weighted by atomic mass is 10.0. The van der Waals surface area contributed by atoms with Gasteiger partial charge in [0, 0.05) is 24.5 Å². The van der Waals surface area contributed by atoms with Crippen molar-refractivity contribution in [3.8, 4) is 11.8 Å².